The Morgan fingerprint density at radius 1 is 1.24 bits per heavy atom. The van der Waals surface area contributed by atoms with Crippen molar-refractivity contribution in [2.45, 2.75) is 64.3 Å². The molecule has 3 heteroatoms. The van der Waals surface area contributed by atoms with Crippen molar-refractivity contribution in [2.24, 2.45) is 0 Å². The number of carbonyl (C=O) groups is 1. The molecule has 0 bridgehead atoms. The van der Waals surface area contributed by atoms with Crippen LogP contribution in [0.15, 0.2) is 0 Å². The largest absolute Gasteiger partial charge is 0.343 e. The van der Waals surface area contributed by atoms with Gasteiger partial charge >= 0.3 is 0 Å². The van der Waals surface area contributed by atoms with Crippen LogP contribution in [0.3, 0.4) is 0 Å². The van der Waals surface area contributed by atoms with Crippen LogP contribution in [0.2, 0.25) is 0 Å². The van der Waals surface area contributed by atoms with Gasteiger partial charge in [0.1, 0.15) is 0 Å². The summed E-state index contributed by atoms with van der Waals surface area (Å²) in [4.78, 5) is 14.0. The van der Waals surface area contributed by atoms with Crippen molar-refractivity contribution < 1.29 is 4.79 Å². The quantitative estimate of drug-likeness (QED) is 0.724. The fraction of sp³-hybridized carbons (Fsp3) is 0.929. The molecule has 3 nitrogen and oxygen atoms in total. The van der Waals surface area contributed by atoms with E-state index in [1.807, 2.05) is 11.9 Å². The average Bonchev–Trinajstić information content (AvgIpc) is 2.35. The fourth-order valence-corrected chi connectivity index (χ4v) is 2.36. The summed E-state index contributed by atoms with van der Waals surface area (Å²) in [5, 5.41) is 3.36. The van der Waals surface area contributed by atoms with E-state index in [2.05, 4.69) is 19.2 Å². The second kappa shape index (κ2) is 7.00. The fourth-order valence-electron chi connectivity index (χ4n) is 2.36. The van der Waals surface area contributed by atoms with Gasteiger partial charge in [0, 0.05) is 25.0 Å². The smallest absolute Gasteiger partial charge is 0.222 e. The van der Waals surface area contributed by atoms with E-state index < -0.39 is 0 Å². The molecule has 17 heavy (non-hydrogen) atoms. The maximum atomic E-state index is 12.0. The van der Waals surface area contributed by atoms with Crippen molar-refractivity contribution in [3.63, 3.8) is 0 Å². The molecule has 0 saturated carbocycles. The van der Waals surface area contributed by atoms with E-state index in [1.54, 1.807) is 0 Å². The molecule has 1 aliphatic heterocycles. The third-order valence-corrected chi connectivity index (χ3v) is 4.07. The van der Waals surface area contributed by atoms with Gasteiger partial charge in [0.25, 0.3) is 0 Å². The number of piperidine rings is 1. The van der Waals surface area contributed by atoms with Gasteiger partial charge in [-0.25, -0.2) is 0 Å². The normalized spacial score (nSPS) is 19.4. The van der Waals surface area contributed by atoms with E-state index in [0.717, 1.165) is 38.8 Å². The minimum absolute atomic E-state index is 0.235. The summed E-state index contributed by atoms with van der Waals surface area (Å²) in [5.41, 5.74) is 0.235. The Balaban J connectivity index is 2.22. The maximum Gasteiger partial charge on any atom is 0.222 e. The zero-order chi connectivity index (χ0) is 12.7. The lowest BCUT2D eigenvalue weighted by atomic mass is 9.90. The van der Waals surface area contributed by atoms with Crippen molar-refractivity contribution in [3.8, 4) is 0 Å². The lowest BCUT2D eigenvalue weighted by Gasteiger charge is -2.39. The first-order valence-electron chi connectivity index (χ1n) is 7.08. The van der Waals surface area contributed by atoms with E-state index in [9.17, 15) is 4.79 Å². The van der Waals surface area contributed by atoms with E-state index in [1.165, 1.54) is 19.3 Å². The van der Waals surface area contributed by atoms with Crippen molar-refractivity contribution in [2.75, 3.05) is 20.1 Å². The second-order valence-corrected chi connectivity index (χ2v) is 5.50. The van der Waals surface area contributed by atoms with Gasteiger partial charge in [0.15, 0.2) is 0 Å². The molecular weight excluding hydrogens is 212 g/mol. The summed E-state index contributed by atoms with van der Waals surface area (Å²) < 4.78 is 0. The third kappa shape index (κ3) is 4.66. The number of rotatable bonds is 6. The van der Waals surface area contributed by atoms with E-state index >= 15 is 0 Å². The van der Waals surface area contributed by atoms with Crippen LogP contribution in [0.1, 0.15) is 58.8 Å². The first kappa shape index (κ1) is 14.5. The van der Waals surface area contributed by atoms with Crippen LogP contribution in [-0.4, -0.2) is 36.5 Å². The number of unbranched alkanes of at least 4 members (excludes halogenated alkanes) is 3. The maximum absolute atomic E-state index is 12.0. The Hall–Kier alpha value is -0.570. The van der Waals surface area contributed by atoms with E-state index in [-0.39, 0.29) is 5.54 Å². The van der Waals surface area contributed by atoms with Crippen molar-refractivity contribution in [1.82, 2.24) is 10.2 Å². The molecule has 1 saturated heterocycles. The van der Waals surface area contributed by atoms with Crippen molar-refractivity contribution in [3.05, 3.63) is 0 Å². The molecule has 0 radical (unpaired) electrons. The van der Waals surface area contributed by atoms with Gasteiger partial charge in [0.05, 0.1) is 0 Å². The SMILES string of the molecule is CCCCCCC(=O)N1CCC(C)(NC)CC1. The Labute approximate surface area is 106 Å². The highest BCUT2D eigenvalue weighted by molar-refractivity contribution is 5.76. The highest BCUT2D eigenvalue weighted by Gasteiger charge is 2.29. The summed E-state index contributed by atoms with van der Waals surface area (Å²) in [6.45, 7) is 6.29. The average molecular weight is 240 g/mol. The third-order valence-electron chi connectivity index (χ3n) is 4.07. The lowest BCUT2D eigenvalue weighted by Crippen LogP contribution is -2.51. The van der Waals surface area contributed by atoms with Gasteiger partial charge in [-0.2, -0.15) is 0 Å². The minimum atomic E-state index is 0.235. The molecule has 100 valence electrons. The van der Waals surface area contributed by atoms with Gasteiger partial charge in [0.2, 0.25) is 5.91 Å². The van der Waals surface area contributed by atoms with E-state index in [4.69, 9.17) is 0 Å². The van der Waals surface area contributed by atoms with E-state index in [0.29, 0.717) is 5.91 Å². The summed E-state index contributed by atoms with van der Waals surface area (Å²) in [5.74, 6) is 0.360. The number of nitrogens with one attached hydrogen (secondary N) is 1. The number of hydrogen-bond acceptors (Lipinski definition) is 2. The summed E-state index contributed by atoms with van der Waals surface area (Å²) in [6.07, 6.45) is 7.64. The highest BCUT2D eigenvalue weighted by Crippen LogP contribution is 2.21. The van der Waals surface area contributed by atoms with Crippen LogP contribution in [0.5, 0.6) is 0 Å². The summed E-state index contributed by atoms with van der Waals surface area (Å²) in [6, 6.07) is 0. The predicted molar refractivity (Wildman–Crippen MR) is 72.0 cm³/mol. The van der Waals surface area contributed by atoms with Crippen LogP contribution in [-0.2, 0) is 4.79 Å². The van der Waals surface area contributed by atoms with Crippen LogP contribution in [0.4, 0.5) is 0 Å². The topological polar surface area (TPSA) is 32.3 Å². The predicted octanol–water partition coefficient (Wildman–Crippen LogP) is 2.56. The van der Waals surface area contributed by atoms with Gasteiger partial charge in [-0.15, -0.1) is 0 Å². The molecule has 1 fully saturated rings. The molecular formula is C14H28N2O. The van der Waals surface area contributed by atoms with Crippen LogP contribution in [0.25, 0.3) is 0 Å². The monoisotopic (exact) mass is 240 g/mol. The molecule has 0 aromatic heterocycles. The molecule has 1 heterocycles. The number of likely N-dealkylation sites (tertiary alicyclic amines) is 1. The molecule has 1 N–H and O–H groups in total. The Morgan fingerprint density at radius 3 is 2.41 bits per heavy atom. The Morgan fingerprint density at radius 2 is 1.88 bits per heavy atom. The zero-order valence-electron chi connectivity index (χ0n) is 11.7. The molecule has 0 aromatic rings. The zero-order valence-corrected chi connectivity index (χ0v) is 11.7. The van der Waals surface area contributed by atoms with Crippen molar-refractivity contribution in [1.29, 1.82) is 0 Å². The van der Waals surface area contributed by atoms with Gasteiger partial charge in [-0.05, 0) is 33.2 Å². The summed E-state index contributed by atoms with van der Waals surface area (Å²) in [7, 11) is 2.02. The summed E-state index contributed by atoms with van der Waals surface area (Å²) >= 11 is 0. The first-order valence-corrected chi connectivity index (χ1v) is 7.08. The second-order valence-electron chi connectivity index (χ2n) is 5.50. The molecule has 1 rings (SSSR count). The molecule has 1 aliphatic rings. The molecule has 1 amide bonds. The molecule has 0 aliphatic carbocycles. The Kier molecular flexibility index (Phi) is 5.96. The number of carbonyl (C=O) groups excluding carboxylic acids is 1. The number of hydrogen-bond donors (Lipinski definition) is 1. The molecule has 0 unspecified atom stereocenters. The van der Waals surface area contributed by atoms with Gasteiger partial charge < -0.3 is 10.2 Å². The van der Waals surface area contributed by atoms with Crippen LogP contribution >= 0.6 is 0 Å². The molecule has 0 aromatic carbocycles. The molecule has 0 spiro atoms. The highest BCUT2D eigenvalue weighted by atomic mass is 16.2. The first-order chi connectivity index (χ1) is 8.11. The van der Waals surface area contributed by atoms with Crippen LogP contribution in [0, 0.1) is 0 Å². The Bertz CT molecular complexity index is 232. The van der Waals surface area contributed by atoms with Crippen LogP contribution < -0.4 is 5.32 Å². The van der Waals surface area contributed by atoms with Crippen molar-refractivity contribution >= 4 is 5.91 Å². The van der Waals surface area contributed by atoms with Gasteiger partial charge in [-0.3, -0.25) is 4.79 Å². The standard InChI is InChI=1S/C14H28N2O/c1-4-5-6-7-8-13(17)16-11-9-14(2,15-3)10-12-16/h15H,4-12H2,1-3H3. The lowest BCUT2D eigenvalue weighted by molar-refractivity contribution is -0.132. The minimum Gasteiger partial charge on any atom is -0.343 e. The van der Waals surface area contributed by atoms with Gasteiger partial charge in [-0.1, -0.05) is 26.2 Å². The number of amides is 1. The molecule has 0 atom stereocenters. The number of nitrogens with zero attached hydrogens (tertiary/aromatic N) is 1.